The van der Waals surface area contributed by atoms with Gasteiger partial charge in [0, 0.05) is 15.1 Å². The van der Waals surface area contributed by atoms with E-state index >= 15 is 0 Å². The predicted octanol–water partition coefficient (Wildman–Crippen LogP) is 4.49. The second kappa shape index (κ2) is 10.0. The summed E-state index contributed by atoms with van der Waals surface area (Å²) in [5.74, 6) is 0.546. The van der Waals surface area contributed by atoms with Crippen molar-refractivity contribution in [3.8, 4) is 11.5 Å². The van der Waals surface area contributed by atoms with Crippen LogP contribution in [0.1, 0.15) is 11.1 Å². The SMILES string of the molecule is Cc1cc(Cl)ccc1N(CC(=O)N/N=C/c1cc2c(cc1Br)OCO2)S(=O)(=O)c1ccccc1. The molecule has 176 valence electrons. The summed E-state index contributed by atoms with van der Waals surface area (Å²) in [6.45, 7) is 1.37. The van der Waals surface area contributed by atoms with E-state index in [2.05, 4.69) is 26.5 Å². The minimum absolute atomic E-state index is 0.0601. The topological polar surface area (TPSA) is 97.3 Å². The largest absolute Gasteiger partial charge is 0.454 e. The average Bonchev–Trinajstić information content (AvgIpc) is 3.25. The Kier molecular flexibility index (Phi) is 7.11. The van der Waals surface area contributed by atoms with E-state index in [1.807, 2.05) is 0 Å². The van der Waals surface area contributed by atoms with Gasteiger partial charge in [-0.2, -0.15) is 5.10 Å². The van der Waals surface area contributed by atoms with Crippen molar-refractivity contribution in [2.45, 2.75) is 11.8 Å². The maximum Gasteiger partial charge on any atom is 0.264 e. The summed E-state index contributed by atoms with van der Waals surface area (Å²) >= 11 is 9.46. The van der Waals surface area contributed by atoms with Crippen molar-refractivity contribution in [1.29, 1.82) is 0 Å². The predicted molar refractivity (Wildman–Crippen MR) is 133 cm³/mol. The fourth-order valence-corrected chi connectivity index (χ4v) is 5.45. The van der Waals surface area contributed by atoms with E-state index in [1.54, 1.807) is 55.5 Å². The number of hydrogen-bond acceptors (Lipinski definition) is 6. The number of nitrogens with one attached hydrogen (secondary N) is 1. The van der Waals surface area contributed by atoms with Crippen molar-refractivity contribution in [2.24, 2.45) is 5.10 Å². The number of sulfonamides is 1. The van der Waals surface area contributed by atoms with E-state index in [4.69, 9.17) is 21.1 Å². The Morgan fingerprint density at radius 1 is 1.15 bits per heavy atom. The number of hydrogen-bond donors (Lipinski definition) is 1. The molecule has 0 radical (unpaired) electrons. The summed E-state index contributed by atoms with van der Waals surface area (Å²) in [7, 11) is -4.04. The van der Waals surface area contributed by atoms with Gasteiger partial charge >= 0.3 is 0 Å². The van der Waals surface area contributed by atoms with Crippen molar-refractivity contribution < 1.29 is 22.7 Å². The number of benzene rings is 3. The Morgan fingerprint density at radius 3 is 2.56 bits per heavy atom. The van der Waals surface area contributed by atoms with Gasteiger partial charge in [-0.25, -0.2) is 13.8 Å². The van der Waals surface area contributed by atoms with Crippen LogP contribution in [0.25, 0.3) is 0 Å². The van der Waals surface area contributed by atoms with E-state index in [9.17, 15) is 13.2 Å². The van der Waals surface area contributed by atoms with Gasteiger partial charge < -0.3 is 9.47 Å². The van der Waals surface area contributed by atoms with E-state index in [0.29, 0.717) is 37.8 Å². The van der Waals surface area contributed by atoms with Crippen molar-refractivity contribution in [1.82, 2.24) is 5.43 Å². The molecule has 1 heterocycles. The number of rotatable bonds is 7. The third-order valence-electron chi connectivity index (χ3n) is 4.93. The van der Waals surface area contributed by atoms with E-state index < -0.39 is 22.5 Å². The number of amides is 1. The molecule has 0 aliphatic carbocycles. The molecule has 0 spiro atoms. The summed E-state index contributed by atoms with van der Waals surface area (Å²) in [6, 6.07) is 16.1. The second-order valence-electron chi connectivity index (χ2n) is 7.28. The Labute approximate surface area is 210 Å². The third-order valence-corrected chi connectivity index (χ3v) is 7.63. The van der Waals surface area contributed by atoms with Gasteiger partial charge in [0.05, 0.1) is 16.8 Å². The highest BCUT2D eigenvalue weighted by atomic mass is 79.9. The molecule has 0 saturated carbocycles. The first kappa shape index (κ1) is 24.1. The lowest BCUT2D eigenvalue weighted by Gasteiger charge is -2.25. The molecule has 3 aromatic carbocycles. The van der Waals surface area contributed by atoms with Crippen LogP contribution < -0.4 is 19.2 Å². The van der Waals surface area contributed by atoms with Crippen LogP contribution in [0.2, 0.25) is 5.02 Å². The summed E-state index contributed by atoms with van der Waals surface area (Å²) in [5, 5.41) is 4.43. The van der Waals surface area contributed by atoms with Crippen LogP contribution in [0, 0.1) is 6.92 Å². The van der Waals surface area contributed by atoms with Gasteiger partial charge in [-0.1, -0.05) is 29.8 Å². The Bertz CT molecular complexity index is 1370. The molecule has 1 N–H and O–H groups in total. The molecule has 3 aromatic rings. The van der Waals surface area contributed by atoms with Crippen LogP contribution in [0.5, 0.6) is 11.5 Å². The van der Waals surface area contributed by atoms with Crippen LogP contribution >= 0.6 is 27.5 Å². The molecule has 1 amide bonds. The zero-order valence-electron chi connectivity index (χ0n) is 17.9. The minimum Gasteiger partial charge on any atom is -0.454 e. The van der Waals surface area contributed by atoms with Crippen LogP contribution in [0.4, 0.5) is 5.69 Å². The molecule has 0 bridgehead atoms. The summed E-state index contributed by atoms with van der Waals surface area (Å²) < 4.78 is 39.2. The molecular weight excluding hydrogens is 546 g/mol. The van der Waals surface area contributed by atoms with E-state index in [-0.39, 0.29) is 11.7 Å². The molecule has 1 aliphatic heterocycles. The van der Waals surface area contributed by atoms with Crippen LogP contribution in [-0.2, 0) is 14.8 Å². The summed E-state index contributed by atoms with van der Waals surface area (Å²) in [5.41, 5.74) is 3.97. The molecule has 34 heavy (non-hydrogen) atoms. The highest BCUT2D eigenvalue weighted by Crippen LogP contribution is 2.36. The molecule has 4 rings (SSSR count). The molecule has 0 atom stereocenters. The molecule has 0 aromatic heterocycles. The van der Waals surface area contributed by atoms with E-state index in [0.717, 1.165) is 4.31 Å². The van der Waals surface area contributed by atoms with Crippen LogP contribution in [0.15, 0.2) is 75.1 Å². The summed E-state index contributed by atoms with van der Waals surface area (Å²) in [4.78, 5) is 12.8. The molecule has 1 aliphatic rings. The van der Waals surface area contributed by atoms with Crippen molar-refractivity contribution in [2.75, 3.05) is 17.6 Å². The van der Waals surface area contributed by atoms with Crippen molar-refractivity contribution in [3.05, 3.63) is 81.3 Å². The zero-order valence-corrected chi connectivity index (χ0v) is 21.0. The highest BCUT2D eigenvalue weighted by molar-refractivity contribution is 9.10. The van der Waals surface area contributed by atoms with Gasteiger partial charge in [-0.05, 0) is 70.9 Å². The quantitative estimate of drug-likeness (QED) is 0.337. The zero-order chi connectivity index (χ0) is 24.3. The first-order valence-electron chi connectivity index (χ1n) is 10.0. The first-order valence-corrected chi connectivity index (χ1v) is 12.6. The molecular formula is C23H19BrClN3O5S. The second-order valence-corrected chi connectivity index (χ2v) is 10.4. The molecule has 11 heteroatoms. The minimum atomic E-state index is -4.04. The Hall–Kier alpha value is -3.08. The van der Waals surface area contributed by atoms with Crippen LogP contribution in [-0.4, -0.2) is 33.9 Å². The number of halogens is 2. The van der Waals surface area contributed by atoms with Gasteiger partial charge in [-0.3, -0.25) is 9.10 Å². The standard InChI is InChI=1S/C23H19BrClN3O5S/c1-15-9-17(25)7-8-20(15)28(34(30,31)18-5-3-2-4-6-18)13-23(29)27-26-12-16-10-21-22(11-19(16)24)33-14-32-21/h2-12H,13-14H2,1H3,(H,27,29)/b26-12+. The van der Waals surface area contributed by atoms with Gasteiger partial charge in [-0.15, -0.1) is 0 Å². The monoisotopic (exact) mass is 563 g/mol. The Morgan fingerprint density at radius 2 is 1.85 bits per heavy atom. The number of ether oxygens (including phenoxy) is 2. The smallest absolute Gasteiger partial charge is 0.264 e. The lowest BCUT2D eigenvalue weighted by atomic mass is 10.2. The Balaban J connectivity index is 1.57. The number of carbonyl (C=O) groups excluding carboxylic acids is 1. The normalized spacial score (nSPS) is 12.7. The number of anilines is 1. The fraction of sp³-hybridized carbons (Fsp3) is 0.130. The van der Waals surface area contributed by atoms with E-state index in [1.165, 1.54) is 18.3 Å². The van der Waals surface area contributed by atoms with Gasteiger partial charge in [0.1, 0.15) is 6.54 Å². The third kappa shape index (κ3) is 5.19. The van der Waals surface area contributed by atoms with Crippen molar-refractivity contribution >= 4 is 55.4 Å². The van der Waals surface area contributed by atoms with Gasteiger partial charge in [0.25, 0.3) is 15.9 Å². The highest BCUT2D eigenvalue weighted by Gasteiger charge is 2.28. The first-order chi connectivity index (χ1) is 16.3. The maximum absolute atomic E-state index is 13.4. The van der Waals surface area contributed by atoms with Crippen LogP contribution in [0.3, 0.4) is 0 Å². The van der Waals surface area contributed by atoms with Crippen molar-refractivity contribution in [3.63, 3.8) is 0 Å². The van der Waals surface area contributed by atoms with Gasteiger partial charge in [0.2, 0.25) is 6.79 Å². The lowest BCUT2D eigenvalue weighted by molar-refractivity contribution is -0.119. The molecule has 0 unspecified atom stereocenters. The summed E-state index contributed by atoms with van der Waals surface area (Å²) in [6.07, 6.45) is 1.42. The number of carbonyl (C=O) groups is 1. The number of fused-ring (bicyclic) bond motifs is 1. The molecule has 0 saturated heterocycles. The van der Waals surface area contributed by atoms with Gasteiger partial charge in [0.15, 0.2) is 11.5 Å². The molecule has 8 nitrogen and oxygen atoms in total. The fourth-order valence-electron chi connectivity index (χ4n) is 3.29. The number of nitrogens with zero attached hydrogens (tertiary/aromatic N) is 2. The average molecular weight is 565 g/mol. The molecule has 0 fully saturated rings. The number of aryl methyl sites for hydroxylation is 1. The maximum atomic E-state index is 13.4. The number of hydrazone groups is 1. The lowest BCUT2D eigenvalue weighted by Crippen LogP contribution is -2.40.